The molecule has 1 fully saturated rings. The molecule has 0 aliphatic heterocycles. The van der Waals surface area contributed by atoms with Gasteiger partial charge in [-0.05, 0) is 47.9 Å². The van der Waals surface area contributed by atoms with Gasteiger partial charge in [0.1, 0.15) is 6.33 Å². The van der Waals surface area contributed by atoms with Gasteiger partial charge in [0.2, 0.25) is 0 Å². The van der Waals surface area contributed by atoms with E-state index >= 15 is 0 Å². The molecule has 82 valence electrons. The first-order valence-corrected chi connectivity index (χ1v) is 5.43. The topological polar surface area (TPSA) is 55.6 Å². The molecule has 0 atom stereocenters. The van der Waals surface area contributed by atoms with Crippen LogP contribution in [-0.4, -0.2) is 26.2 Å². The van der Waals surface area contributed by atoms with Crippen LogP contribution in [-0.2, 0) is 0 Å². The monoisotopic (exact) mass is 215 g/mol. The van der Waals surface area contributed by atoms with Crippen LogP contribution in [0.4, 0.5) is 5.69 Å². The Morgan fingerprint density at radius 1 is 1.38 bits per heavy atom. The fourth-order valence-corrected chi connectivity index (χ4v) is 1.68. The minimum atomic E-state index is 0.657. The van der Waals surface area contributed by atoms with Crippen LogP contribution in [0.15, 0.2) is 24.5 Å². The highest BCUT2D eigenvalue weighted by molar-refractivity contribution is 5.55. The first-order chi connectivity index (χ1) is 7.83. The Bertz CT molecular complexity index is 487. The summed E-state index contributed by atoms with van der Waals surface area (Å²) in [5.74, 6) is 0. The molecule has 0 unspecified atom stereocenters. The van der Waals surface area contributed by atoms with Crippen molar-refractivity contribution in [1.29, 1.82) is 0 Å². The molecule has 1 saturated carbocycles. The quantitative estimate of drug-likeness (QED) is 0.843. The van der Waals surface area contributed by atoms with Crippen molar-refractivity contribution in [2.45, 2.75) is 25.8 Å². The van der Waals surface area contributed by atoms with E-state index in [4.69, 9.17) is 0 Å². The molecule has 0 bridgehead atoms. The molecule has 2 aromatic rings. The number of aromatic nitrogens is 4. The van der Waals surface area contributed by atoms with Gasteiger partial charge in [-0.2, -0.15) is 0 Å². The number of hydrogen-bond donors (Lipinski definition) is 1. The highest BCUT2D eigenvalue weighted by Crippen LogP contribution is 2.26. The summed E-state index contributed by atoms with van der Waals surface area (Å²) in [4.78, 5) is 0. The summed E-state index contributed by atoms with van der Waals surface area (Å²) < 4.78 is 1.69. The molecular weight excluding hydrogens is 202 g/mol. The summed E-state index contributed by atoms with van der Waals surface area (Å²) >= 11 is 0. The molecule has 1 aliphatic carbocycles. The molecule has 1 aromatic heterocycles. The smallest absolute Gasteiger partial charge is 0.143 e. The summed E-state index contributed by atoms with van der Waals surface area (Å²) in [5, 5.41) is 14.7. The number of aryl methyl sites for hydroxylation is 1. The molecular formula is C11H13N5. The van der Waals surface area contributed by atoms with Gasteiger partial charge in [0.25, 0.3) is 0 Å². The second-order valence-corrected chi connectivity index (χ2v) is 4.17. The Labute approximate surface area is 93.5 Å². The Morgan fingerprint density at radius 2 is 2.25 bits per heavy atom. The lowest BCUT2D eigenvalue weighted by Crippen LogP contribution is -2.03. The van der Waals surface area contributed by atoms with Crippen LogP contribution >= 0.6 is 0 Å². The van der Waals surface area contributed by atoms with E-state index in [0.717, 1.165) is 16.9 Å². The summed E-state index contributed by atoms with van der Waals surface area (Å²) in [6.07, 6.45) is 4.16. The second kappa shape index (κ2) is 3.59. The van der Waals surface area contributed by atoms with Gasteiger partial charge in [-0.1, -0.05) is 6.07 Å². The number of nitrogens with one attached hydrogen (secondary N) is 1. The summed E-state index contributed by atoms with van der Waals surface area (Å²) in [6.45, 7) is 2.05. The van der Waals surface area contributed by atoms with Gasteiger partial charge in [0, 0.05) is 11.7 Å². The van der Waals surface area contributed by atoms with Gasteiger partial charge in [0.15, 0.2) is 0 Å². The second-order valence-electron chi connectivity index (χ2n) is 4.17. The SMILES string of the molecule is Cc1ccc(NC2CC2)cc1-n1cnnn1. The Morgan fingerprint density at radius 3 is 2.94 bits per heavy atom. The number of tetrazole rings is 1. The highest BCUT2D eigenvalue weighted by Gasteiger charge is 2.20. The van der Waals surface area contributed by atoms with Crippen molar-refractivity contribution >= 4 is 5.69 Å². The van der Waals surface area contributed by atoms with Crippen molar-refractivity contribution in [3.8, 4) is 5.69 Å². The molecule has 1 heterocycles. The van der Waals surface area contributed by atoms with Crippen LogP contribution in [0.25, 0.3) is 5.69 Å². The van der Waals surface area contributed by atoms with E-state index in [0.29, 0.717) is 6.04 Å². The lowest BCUT2D eigenvalue weighted by molar-refractivity contribution is 0.785. The van der Waals surface area contributed by atoms with Crippen molar-refractivity contribution in [3.63, 3.8) is 0 Å². The zero-order valence-corrected chi connectivity index (χ0v) is 9.09. The molecule has 1 aromatic carbocycles. The average Bonchev–Trinajstić information content (AvgIpc) is 2.94. The van der Waals surface area contributed by atoms with Crippen molar-refractivity contribution in [2.24, 2.45) is 0 Å². The number of anilines is 1. The average molecular weight is 215 g/mol. The molecule has 5 heteroatoms. The van der Waals surface area contributed by atoms with Crippen LogP contribution in [0, 0.1) is 6.92 Å². The maximum atomic E-state index is 3.91. The molecule has 0 amide bonds. The Kier molecular flexibility index (Phi) is 2.09. The summed E-state index contributed by atoms with van der Waals surface area (Å²) in [5.41, 5.74) is 3.32. The maximum Gasteiger partial charge on any atom is 0.143 e. The van der Waals surface area contributed by atoms with E-state index in [2.05, 4.69) is 46.0 Å². The maximum absolute atomic E-state index is 3.91. The third-order valence-electron chi connectivity index (χ3n) is 2.75. The first kappa shape index (κ1) is 9.33. The van der Waals surface area contributed by atoms with Gasteiger partial charge in [-0.25, -0.2) is 4.68 Å². The molecule has 1 N–H and O–H groups in total. The molecule has 16 heavy (non-hydrogen) atoms. The molecule has 3 rings (SSSR count). The van der Waals surface area contributed by atoms with Crippen LogP contribution < -0.4 is 5.32 Å². The molecule has 0 saturated heterocycles. The number of benzene rings is 1. The normalized spacial score (nSPS) is 15.1. The van der Waals surface area contributed by atoms with Crippen LogP contribution in [0.1, 0.15) is 18.4 Å². The standard InChI is InChI=1S/C11H13N5/c1-8-2-3-10(13-9-4-5-9)6-11(8)16-7-12-14-15-16/h2-3,6-7,9,13H,4-5H2,1H3. The van der Waals surface area contributed by atoms with Gasteiger partial charge in [-0.15, -0.1) is 5.10 Å². The summed E-state index contributed by atoms with van der Waals surface area (Å²) in [7, 11) is 0. The zero-order chi connectivity index (χ0) is 11.0. The third kappa shape index (κ3) is 1.76. The van der Waals surface area contributed by atoms with E-state index in [-0.39, 0.29) is 0 Å². The van der Waals surface area contributed by atoms with Gasteiger partial charge >= 0.3 is 0 Å². The molecule has 1 aliphatic rings. The number of hydrogen-bond acceptors (Lipinski definition) is 4. The number of nitrogens with zero attached hydrogens (tertiary/aromatic N) is 4. The Balaban J connectivity index is 1.95. The van der Waals surface area contributed by atoms with E-state index in [1.165, 1.54) is 12.8 Å². The molecule has 5 nitrogen and oxygen atoms in total. The van der Waals surface area contributed by atoms with Gasteiger partial charge in [-0.3, -0.25) is 0 Å². The van der Waals surface area contributed by atoms with Gasteiger partial charge < -0.3 is 5.32 Å². The van der Waals surface area contributed by atoms with Crippen molar-refractivity contribution in [3.05, 3.63) is 30.1 Å². The van der Waals surface area contributed by atoms with E-state index < -0.39 is 0 Å². The molecule has 0 spiro atoms. The van der Waals surface area contributed by atoms with Crippen LogP contribution in [0.5, 0.6) is 0 Å². The summed E-state index contributed by atoms with van der Waals surface area (Å²) in [6, 6.07) is 6.93. The van der Waals surface area contributed by atoms with E-state index in [9.17, 15) is 0 Å². The zero-order valence-electron chi connectivity index (χ0n) is 9.09. The van der Waals surface area contributed by atoms with Crippen LogP contribution in [0.3, 0.4) is 0 Å². The fraction of sp³-hybridized carbons (Fsp3) is 0.364. The minimum absolute atomic E-state index is 0.657. The van der Waals surface area contributed by atoms with Crippen molar-refractivity contribution in [1.82, 2.24) is 20.2 Å². The minimum Gasteiger partial charge on any atom is -0.382 e. The predicted octanol–water partition coefficient (Wildman–Crippen LogP) is 1.55. The number of rotatable bonds is 3. The lowest BCUT2D eigenvalue weighted by Gasteiger charge is -2.09. The third-order valence-corrected chi connectivity index (χ3v) is 2.75. The largest absolute Gasteiger partial charge is 0.382 e. The van der Waals surface area contributed by atoms with Gasteiger partial charge in [0.05, 0.1) is 5.69 Å². The fourth-order valence-electron chi connectivity index (χ4n) is 1.68. The highest BCUT2D eigenvalue weighted by atomic mass is 15.5. The predicted molar refractivity (Wildman–Crippen MR) is 60.5 cm³/mol. The van der Waals surface area contributed by atoms with Crippen LogP contribution in [0.2, 0.25) is 0 Å². The lowest BCUT2D eigenvalue weighted by atomic mass is 10.2. The van der Waals surface area contributed by atoms with E-state index in [1.54, 1.807) is 11.0 Å². The molecule has 0 radical (unpaired) electrons. The Hall–Kier alpha value is -1.91. The first-order valence-electron chi connectivity index (χ1n) is 5.43. The van der Waals surface area contributed by atoms with E-state index in [1.807, 2.05) is 0 Å². The van der Waals surface area contributed by atoms with Crippen molar-refractivity contribution in [2.75, 3.05) is 5.32 Å². The van der Waals surface area contributed by atoms with Crippen molar-refractivity contribution < 1.29 is 0 Å².